The van der Waals surface area contributed by atoms with E-state index >= 15 is 0 Å². The first kappa shape index (κ1) is 21.6. The van der Waals surface area contributed by atoms with Gasteiger partial charge in [0.15, 0.2) is 0 Å². The van der Waals surface area contributed by atoms with Crippen molar-refractivity contribution >= 4 is 54.4 Å². The molecule has 152 valence electrons. The smallest absolute Gasteiger partial charge is 0.412 e. The number of amides is 1. The molecule has 5 nitrogen and oxygen atoms in total. The number of nitrogens with one attached hydrogen (secondary N) is 1. The zero-order valence-corrected chi connectivity index (χ0v) is 18.9. The molecule has 3 rings (SSSR count). The van der Waals surface area contributed by atoms with Crippen LogP contribution in [0.4, 0.5) is 10.5 Å². The molecule has 0 bridgehead atoms. The second kappa shape index (κ2) is 9.61. The largest absolute Gasteiger partial charge is 0.506 e. The van der Waals surface area contributed by atoms with Crippen molar-refractivity contribution in [2.24, 2.45) is 5.92 Å². The van der Waals surface area contributed by atoms with E-state index in [4.69, 9.17) is 4.74 Å². The molecule has 0 aliphatic rings. The van der Waals surface area contributed by atoms with E-state index in [1.54, 1.807) is 12.1 Å². The number of benzene rings is 3. The Kier molecular flexibility index (Phi) is 7.16. The summed E-state index contributed by atoms with van der Waals surface area (Å²) >= 11 is 6.72. The van der Waals surface area contributed by atoms with Crippen LogP contribution in [0.1, 0.15) is 25.0 Å². The monoisotopic (exact) mass is 521 g/mol. The Morgan fingerprint density at radius 2 is 1.86 bits per heavy atom. The van der Waals surface area contributed by atoms with Crippen LogP contribution in [-0.2, 0) is 4.74 Å². The molecule has 0 fully saturated rings. The van der Waals surface area contributed by atoms with Gasteiger partial charge in [-0.3, -0.25) is 5.32 Å². The van der Waals surface area contributed by atoms with Crippen LogP contribution in [0.25, 0.3) is 10.8 Å². The van der Waals surface area contributed by atoms with Crippen LogP contribution < -0.4 is 5.32 Å². The van der Waals surface area contributed by atoms with Crippen molar-refractivity contribution in [2.75, 3.05) is 11.9 Å². The molecular weight excluding hydrogens is 502 g/mol. The van der Waals surface area contributed by atoms with E-state index in [0.29, 0.717) is 22.1 Å². The van der Waals surface area contributed by atoms with Crippen LogP contribution in [0.3, 0.4) is 0 Å². The van der Waals surface area contributed by atoms with Gasteiger partial charge in [0.25, 0.3) is 0 Å². The fraction of sp³-hybridized carbons (Fsp3) is 0.227. The van der Waals surface area contributed by atoms with E-state index < -0.39 is 12.2 Å². The number of phenols is 1. The van der Waals surface area contributed by atoms with Crippen molar-refractivity contribution in [2.45, 2.75) is 19.4 Å². The Labute approximate surface area is 186 Å². The molecule has 0 aliphatic carbocycles. The van der Waals surface area contributed by atoms with E-state index in [9.17, 15) is 15.0 Å². The zero-order valence-electron chi connectivity index (χ0n) is 15.7. The molecule has 3 N–H and O–H groups in total. The molecule has 0 saturated heterocycles. The lowest BCUT2D eigenvalue weighted by atomic mass is 9.94. The molecule has 0 heterocycles. The lowest BCUT2D eigenvalue weighted by Gasteiger charge is -2.25. The lowest BCUT2D eigenvalue weighted by molar-refractivity contribution is 0.0651. The number of hydrogen-bond acceptors (Lipinski definition) is 4. The standard InChI is InChI=1S/C22H21Br2NO4/c1-13(9-10-26)21(17-11-15(23)12-18(24)20(17)27)29-22(28)25-19-8-4-6-14-5-2-3-7-16(14)19/h2-8,11-13,21,26-27H,9-10H2,1H3,(H,25,28)/t13-,21+/m1/s1. The van der Waals surface area contributed by atoms with Gasteiger partial charge in [-0.05, 0) is 51.9 Å². The number of aromatic hydroxyl groups is 1. The Hall–Kier alpha value is -2.09. The summed E-state index contributed by atoms with van der Waals surface area (Å²) in [6, 6.07) is 16.8. The highest BCUT2D eigenvalue weighted by Crippen LogP contribution is 2.40. The number of hydrogen-bond donors (Lipinski definition) is 3. The third kappa shape index (κ3) is 5.10. The topological polar surface area (TPSA) is 78.8 Å². The fourth-order valence-corrected chi connectivity index (χ4v) is 4.49. The van der Waals surface area contributed by atoms with Gasteiger partial charge in [-0.1, -0.05) is 59.3 Å². The third-order valence-electron chi connectivity index (χ3n) is 4.73. The first-order chi connectivity index (χ1) is 13.9. The number of carbonyl (C=O) groups is 1. The Balaban J connectivity index is 1.89. The molecule has 7 heteroatoms. The number of fused-ring (bicyclic) bond motifs is 1. The van der Waals surface area contributed by atoms with Gasteiger partial charge in [-0.2, -0.15) is 0 Å². The predicted molar refractivity (Wildman–Crippen MR) is 121 cm³/mol. The second-order valence-electron chi connectivity index (χ2n) is 6.79. The minimum absolute atomic E-state index is 0.000880. The maximum Gasteiger partial charge on any atom is 0.412 e. The summed E-state index contributed by atoms with van der Waals surface area (Å²) in [4.78, 5) is 12.7. The highest BCUT2D eigenvalue weighted by atomic mass is 79.9. The number of halogens is 2. The molecule has 2 atom stereocenters. The molecule has 3 aromatic carbocycles. The van der Waals surface area contributed by atoms with Crippen molar-refractivity contribution in [3.05, 3.63) is 69.1 Å². The molecule has 3 aromatic rings. The predicted octanol–water partition coefficient (Wildman–Crippen LogP) is 6.38. The number of aliphatic hydroxyl groups excluding tert-OH is 1. The zero-order chi connectivity index (χ0) is 21.0. The first-order valence-corrected chi connectivity index (χ1v) is 10.7. The van der Waals surface area contributed by atoms with Crippen LogP contribution in [0.2, 0.25) is 0 Å². The molecule has 0 aromatic heterocycles. The molecule has 29 heavy (non-hydrogen) atoms. The Morgan fingerprint density at radius 3 is 2.62 bits per heavy atom. The number of phenolic OH excluding ortho intramolecular Hbond substituents is 1. The summed E-state index contributed by atoms with van der Waals surface area (Å²) < 4.78 is 6.95. The maximum absolute atomic E-state index is 12.7. The van der Waals surface area contributed by atoms with Gasteiger partial charge in [-0.15, -0.1) is 0 Å². The first-order valence-electron chi connectivity index (χ1n) is 9.15. The Morgan fingerprint density at radius 1 is 1.14 bits per heavy atom. The van der Waals surface area contributed by atoms with Crippen LogP contribution in [0.5, 0.6) is 5.75 Å². The summed E-state index contributed by atoms with van der Waals surface area (Å²) in [5, 5.41) is 24.6. The van der Waals surface area contributed by atoms with Gasteiger partial charge in [0.05, 0.1) is 10.2 Å². The van der Waals surface area contributed by atoms with Gasteiger partial charge in [0, 0.05) is 22.0 Å². The highest BCUT2D eigenvalue weighted by molar-refractivity contribution is 9.11. The van der Waals surface area contributed by atoms with Crippen molar-refractivity contribution in [1.29, 1.82) is 0 Å². The summed E-state index contributed by atoms with van der Waals surface area (Å²) in [6.07, 6.45) is -0.965. The SMILES string of the molecule is C[C@H](CCO)[C@H](OC(=O)Nc1cccc2ccccc12)c1cc(Br)cc(Br)c1O. The van der Waals surface area contributed by atoms with Crippen molar-refractivity contribution in [3.8, 4) is 5.75 Å². The van der Waals surface area contributed by atoms with E-state index in [-0.39, 0.29) is 18.3 Å². The van der Waals surface area contributed by atoms with E-state index in [1.807, 2.05) is 49.4 Å². The molecule has 0 aliphatic heterocycles. The highest BCUT2D eigenvalue weighted by Gasteiger charge is 2.27. The van der Waals surface area contributed by atoms with Gasteiger partial charge in [-0.25, -0.2) is 4.79 Å². The Bertz CT molecular complexity index is 1020. The normalized spacial score (nSPS) is 13.1. The summed E-state index contributed by atoms with van der Waals surface area (Å²) in [6.45, 7) is 1.81. The number of rotatable bonds is 6. The summed E-state index contributed by atoms with van der Waals surface area (Å²) in [5.41, 5.74) is 1.10. The number of carbonyl (C=O) groups excluding carboxylic acids is 1. The van der Waals surface area contributed by atoms with Crippen LogP contribution in [-0.4, -0.2) is 22.9 Å². The van der Waals surface area contributed by atoms with Gasteiger partial charge in [0.1, 0.15) is 11.9 Å². The van der Waals surface area contributed by atoms with E-state index in [1.165, 1.54) is 0 Å². The second-order valence-corrected chi connectivity index (χ2v) is 8.56. The minimum atomic E-state index is -0.745. The van der Waals surface area contributed by atoms with Crippen molar-refractivity contribution < 1.29 is 19.7 Å². The third-order valence-corrected chi connectivity index (χ3v) is 5.79. The van der Waals surface area contributed by atoms with Crippen molar-refractivity contribution in [3.63, 3.8) is 0 Å². The average Bonchev–Trinajstić information content (AvgIpc) is 2.69. The van der Waals surface area contributed by atoms with Crippen LogP contribution >= 0.6 is 31.9 Å². The molecule has 0 saturated carbocycles. The molecule has 0 radical (unpaired) electrons. The number of aliphatic hydroxyl groups is 1. The van der Waals surface area contributed by atoms with E-state index in [0.717, 1.165) is 15.2 Å². The van der Waals surface area contributed by atoms with Gasteiger partial charge >= 0.3 is 6.09 Å². The molecule has 0 spiro atoms. The maximum atomic E-state index is 12.7. The van der Waals surface area contributed by atoms with E-state index in [2.05, 4.69) is 37.2 Å². The molecule has 1 amide bonds. The van der Waals surface area contributed by atoms with Gasteiger partial charge < -0.3 is 14.9 Å². The quantitative estimate of drug-likeness (QED) is 0.351. The minimum Gasteiger partial charge on any atom is -0.506 e. The summed E-state index contributed by atoms with van der Waals surface area (Å²) in [5.74, 6) is -0.216. The van der Waals surface area contributed by atoms with Gasteiger partial charge in [0.2, 0.25) is 0 Å². The van der Waals surface area contributed by atoms with Crippen LogP contribution in [0, 0.1) is 5.92 Å². The average molecular weight is 523 g/mol. The summed E-state index contributed by atoms with van der Waals surface area (Å²) in [7, 11) is 0. The molecule has 0 unspecified atom stereocenters. The lowest BCUT2D eigenvalue weighted by Crippen LogP contribution is -2.23. The van der Waals surface area contributed by atoms with Crippen molar-refractivity contribution in [1.82, 2.24) is 0 Å². The fourth-order valence-electron chi connectivity index (χ4n) is 3.23. The molecular formula is C22H21Br2NO4. The van der Waals surface area contributed by atoms with Crippen LogP contribution in [0.15, 0.2) is 63.5 Å². The number of ether oxygens (including phenoxy) is 1. The number of anilines is 1.